The van der Waals surface area contributed by atoms with Gasteiger partial charge in [0.2, 0.25) is 0 Å². The van der Waals surface area contributed by atoms with E-state index < -0.39 is 0 Å². The molecule has 1 aliphatic rings. The number of piperidine rings is 1. The molecule has 1 fully saturated rings. The number of benzene rings is 1. The van der Waals surface area contributed by atoms with E-state index in [0.717, 1.165) is 31.8 Å². The van der Waals surface area contributed by atoms with Crippen LogP contribution in [0.1, 0.15) is 37.2 Å². The summed E-state index contributed by atoms with van der Waals surface area (Å²) in [6.07, 6.45) is 5.22. The summed E-state index contributed by atoms with van der Waals surface area (Å²) in [6, 6.07) is 10.7. The molecule has 2 aromatic rings. The second-order valence-electron chi connectivity index (χ2n) is 5.95. The third-order valence-corrected chi connectivity index (χ3v) is 4.35. The highest BCUT2D eigenvalue weighted by Crippen LogP contribution is 2.22. The van der Waals surface area contributed by atoms with E-state index in [4.69, 9.17) is 4.74 Å². The van der Waals surface area contributed by atoms with Crippen LogP contribution in [0.4, 0.5) is 4.79 Å². The lowest BCUT2D eigenvalue weighted by Gasteiger charge is -2.33. The first-order valence-corrected chi connectivity index (χ1v) is 8.50. The molecule has 1 aromatic heterocycles. The molecule has 1 amide bonds. The Kier molecular flexibility index (Phi) is 5.48. The van der Waals surface area contributed by atoms with Crippen molar-refractivity contribution in [2.45, 2.75) is 31.8 Å². The number of rotatable bonds is 5. The van der Waals surface area contributed by atoms with Crippen molar-refractivity contribution in [2.24, 2.45) is 0 Å². The van der Waals surface area contributed by atoms with E-state index in [2.05, 4.69) is 27.4 Å². The van der Waals surface area contributed by atoms with Crippen LogP contribution >= 0.6 is 0 Å². The molecule has 3 rings (SSSR count). The van der Waals surface area contributed by atoms with E-state index in [-0.39, 0.29) is 12.1 Å². The van der Waals surface area contributed by atoms with Gasteiger partial charge in [0.25, 0.3) is 0 Å². The molecule has 1 saturated heterocycles. The minimum absolute atomic E-state index is 0.0281. The summed E-state index contributed by atoms with van der Waals surface area (Å²) in [6.45, 7) is 3.69. The second-order valence-corrected chi connectivity index (χ2v) is 5.95. The number of carbonyl (C=O) groups is 1. The van der Waals surface area contributed by atoms with Crippen LogP contribution in [-0.4, -0.2) is 46.7 Å². The van der Waals surface area contributed by atoms with E-state index in [0.29, 0.717) is 12.6 Å². The maximum Gasteiger partial charge on any atom is 0.409 e. The van der Waals surface area contributed by atoms with Crippen molar-refractivity contribution in [3.63, 3.8) is 0 Å². The van der Waals surface area contributed by atoms with E-state index in [1.165, 1.54) is 5.56 Å². The molecule has 24 heavy (non-hydrogen) atoms. The number of hydrogen-bond donors (Lipinski definition) is 2. The molecule has 6 nitrogen and oxygen atoms in total. The Balaban J connectivity index is 1.64. The van der Waals surface area contributed by atoms with Gasteiger partial charge in [-0.3, -0.25) is 0 Å². The fourth-order valence-corrected chi connectivity index (χ4v) is 3.09. The predicted molar refractivity (Wildman–Crippen MR) is 91.6 cm³/mol. The van der Waals surface area contributed by atoms with Crippen LogP contribution in [0.15, 0.2) is 42.7 Å². The number of likely N-dealkylation sites (tertiary alicyclic amines) is 1. The topological polar surface area (TPSA) is 70.2 Å². The first-order chi connectivity index (χ1) is 11.8. The minimum atomic E-state index is -0.207. The Hall–Kier alpha value is -2.34. The SMILES string of the molecule is CCOC(=O)N1CCC(N[C@@H](c2ccccc2)c2ncc[nH]2)CC1. The lowest BCUT2D eigenvalue weighted by Crippen LogP contribution is -2.46. The number of aromatic amines is 1. The monoisotopic (exact) mass is 328 g/mol. The molecular formula is C18H24N4O2. The minimum Gasteiger partial charge on any atom is -0.450 e. The molecule has 128 valence electrons. The molecular weight excluding hydrogens is 304 g/mol. The van der Waals surface area contributed by atoms with E-state index >= 15 is 0 Å². The molecule has 6 heteroatoms. The van der Waals surface area contributed by atoms with Gasteiger partial charge in [-0.1, -0.05) is 30.3 Å². The molecule has 0 spiro atoms. The lowest BCUT2D eigenvalue weighted by atomic mass is 10.0. The standard InChI is InChI=1S/C18H24N4O2/c1-2-24-18(23)22-12-8-15(9-13-22)21-16(17-19-10-11-20-17)14-6-4-3-5-7-14/h3-7,10-11,15-16,21H,2,8-9,12-13H2,1H3,(H,19,20)/t16-/m0/s1. The average Bonchev–Trinajstić information content (AvgIpc) is 3.15. The first kappa shape index (κ1) is 16.5. The zero-order valence-electron chi connectivity index (χ0n) is 13.9. The van der Waals surface area contributed by atoms with Gasteiger partial charge in [-0.25, -0.2) is 9.78 Å². The van der Waals surface area contributed by atoms with Crippen LogP contribution in [-0.2, 0) is 4.74 Å². The molecule has 0 saturated carbocycles. The van der Waals surface area contributed by atoms with Gasteiger partial charge in [0, 0.05) is 31.5 Å². The van der Waals surface area contributed by atoms with Gasteiger partial charge in [0.15, 0.2) is 0 Å². The van der Waals surface area contributed by atoms with Gasteiger partial charge in [-0.05, 0) is 25.3 Å². The quantitative estimate of drug-likeness (QED) is 0.885. The number of H-pyrrole nitrogens is 1. The largest absolute Gasteiger partial charge is 0.450 e. The number of nitrogens with zero attached hydrogens (tertiary/aromatic N) is 2. The molecule has 0 aliphatic carbocycles. The molecule has 2 N–H and O–H groups in total. The summed E-state index contributed by atoms with van der Waals surface area (Å²) < 4.78 is 5.08. The number of amides is 1. The highest BCUT2D eigenvalue weighted by atomic mass is 16.6. The van der Waals surface area contributed by atoms with Crippen molar-refractivity contribution in [3.8, 4) is 0 Å². The van der Waals surface area contributed by atoms with Gasteiger partial charge >= 0.3 is 6.09 Å². The van der Waals surface area contributed by atoms with Crippen LogP contribution in [0.25, 0.3) is 0 Å². The highest BCUT2D eigenvalue weighted by Gasteiger charge is 2.26. The number of imidazole rings is 1. The maximum atomic E-state index is 11.8. The molecule has 0 radical (unpaired) electrons. The number of ether oxygens (including phenoxy) is 1. The zero-order valence-corrected chi connectivity index (χ0v) is 13.9. The third kappa shape index (κ3) is 3.94. The Bertz CT molecular complexity index is 622. The number of aromatic nitrogens is 2. The highest BCUT2D eigenvalue weighted by molar-refractivity contribution is 5.67. The van der Waals surface area contributed by atoms with E-state index in [9.17, 15) is 4.79 Å². The summed E-state index contributed by atoms with van der Waals surface area (Å²) in [5.74, 6) is 0.911. The fourth-order valence-electron chi connectivity index (χ4n) is 3.09. The zero-order chi connectivity index (χ0) is 16.8. The molecule has 1 aromatic carbocycles. The van der Waals surface area contributed by atoms with E-state index in [1.54, 1.807) is 11.1 Å². The predicted octanol–water partition coefficient (Wildman–Crippen LogP) is 2.71. The Morgan fingerprint density at radius 3 is 2.75 bits per heavy atom. The molecule has 0 unspecified atom stereocenters. The number of hydrogen-bond acceptors (Lipinski definition) is 4. The molecule has 0 bridgehead atoms. The molecule has 1 atom stereocenters. The van der Waals surface area contributed by atoms with Crippen LogP contribution in [0, 0.1) is 0 Å². The van der Waals surface area contributed by atoms with E-state index in [1.807, 2.05) is 31.3 Å². The third-order valence-electron chi connectivity index (χ3n) is 4.35. The maximum absolute atomic E-state index is 11.8. The van der Waals surface area contributed by atoms with Crippen LogP contribution < -0.4 is 5.32 Å². The van der Waals surface area contributed by atoms with Gasteiger partial charge < -0.3 is 19.9 Å². The smallest absolute Gasteiger partial charge is 0.409 e. The molecule has 1 aliphatic heterocycles. The van der Waals surface area contributed by atoms with Crippen molar-refractivity contribution < 1.29 is 9.53 Å². The van der Waals surface area contributed by atoms with Crippen molar-refractivity contribution in [3.05, 3.63) is 54.1 Å². The lowest BCUT2D eigenvalue weighted by molar-refractivity contribution is 0.0944. The van der Waals surface area contributed by atoms with Crippen molar-refractivity contribution in [1.29, 1.82) is 0 Å². The average molecular weight is 328 g/mol. The van der Waals surface area contributed by atoms with Crippen molar-refractivity contribution in [1.82, 2.24) is 20.2 Å². The van der Waals surface area contributed by atoms with Gasteiger partial charge in [-0.2, -0.15) is 0 Å². The summed E-state index contributed by atoms with van der Waals surface area (Å²) in [5.41, 5.74) is 1.18. The van der Waals surface area contributed by atoms with Crippen molar-refractivity contribution >= 4 is 6.09 Å². The summed E-state index contributed by atoms with van der Waals surface area (Å²) in [4.78, 5) is 21.2. The normalized spacial score (nSPS) is 16.8. The number of carbonyl (C=O) groups excluding carboxylic acids is 1. The first-order valence-electron chi connectivity index (χ1n) is 8.50. The van der Waals surface area contributed by atoms with Crippen molar-refractivity contribution in [2.75, 3.05) is 19.7 Å². The van der Waals surface area contributed by atoms with Crippen LogP contribution in [0.3, 0.4) is 0 Å². The Morgan fingerprint density at radius 2 is 2.12 bits per heavy atom. The Morgan fingerprint density at radius 1 is 1.38 bits per heavy atom. The van der Waals surface area contributed by atoms with Crippen LogP contribution in [0.2, 0.25) is 0 Å². The summed E-state index contributed by atoms with van der Waals surface area (Å²) in [7, 11) is 0. The van der Waals surface area contributed by atoms with Gasteiger partial charge in [-0.15, -0.1) is 0 Å². The molecule has 2 heterocycles. The van der Waals surface area contributed by atoms with Gasteiger partial charge in [0.1, 0.15) is 5.82 Å². The second kappa shape index (κ2) is 7.97. The Labute approximate surface area is 142 Å². The van der Waals surface area contributed by atoms with Gasteiger partial charge in [0.05, 0.1) is 12.6 Å². The number of nitrogens with one attached hydrogen (secondary N) is 2. The summed E-state index contributed by atoms with van der Waals surface area (Å²) in [5, 5.41) is 3.69. The van der Waals surface area contributed by atoms with Crippen LogP contribution in [0.5, 0.6) is 0 Å². The summed E-state index contributed by atoms with van der Waals surface area (Å²) >= 11 is 0. The fraction of sp³-hybridized carbons (Fsp3) is 0.444.